The molecule has 0 fully saturated rings. The summed E-state index contributed by atoms with van der Waals surface area (Å²) in [6.07, 6.45) is 0. The van der Waals surface area contributed by atoms with E-state index in [0.717, 1.165) is 16.1 Å². The highest BCUT2D eigenvalue weighted by Gasteiger charge is 2.16. The van der Waals surface area contributed by atoms with Gasteiger partial charge in [-0.1, -0.05) is 48.0 Å². The average Bonchev–Trinajstić information content (AvgIpc) is 3.29. The Labute approximate surface area is 213 Å². The van der Waals surface area contributed by atoms with Gasteiger partial charge in [0.15, 0.2) is 0 Å². The van der Waals surface area contributed by atoms with E-state index in [1.807, 2.05) is 56.3 Å². The molecule has 0 aliphatic heterocycles. The third kappa shape index (κ3) is 6.22. The van der Waals surface area contributed by atoms with E-state index in [1.54, 1.807) is 36.4 Å². The van der Waals surface area contributed by atoms with Crippen LogP contribution in [0.25, 0.3) is 10.6 Å². The molecule has 0 saturated carbocycles. The fraction of sp³-hybridized carbons (Fsp3) is 0.143. The number of rotatable bonds is 8. The van der Waals surface area contributed by atoms with Gasteiger partial charge in [0.25, 0.3) is 17.7 Å². The van der Waals surface area contributed by atoms with Crippen LogP contribution in [-0.2, 0) is 0 Å². The lowest BCUT2D eigenvalue weighted by molar-refractivity contribution is 0.0929. The van der Waals surface area contributed by atoms with Gasteiger partial charge < -0.3 is 16.0 Å². The molecule has 0 saturated heterocycles. The van der Waals surface area contributed by atoms with Crippen molar-refractivity contribution in [3.63, 3.8) is 0 Å². The van der Waals surface area contributed by atoms with Crippen LogP contribution < -0.4 is 16.0 Å². The first-order chi connectivity index (χ1) is 17.4. The number of amides is 3. The van der Waals surface area contributed by atoms with Gasteiger partial charge in [-0.25, -0.2) is 4.98 Å². The van der Waals surface area contributed by atoms with Crippen LogP contribution in [0.15, 0.2) is 78.9 Å². The van der Waals surface area contributed by atoms with E-state index in [4.69, 9.17) is 0 Å². The molecule has 4 rings (SSSR count). The van der Waals surface area contributed by atoms with Crippen LogP contribution >= 0.6 is 11.3 Å². The molecule has 3 amide bonds. The van der Waals surface area contributed by atoms with E-state index >= 15 is 0 Å². The Hall–Kier alpha value is -4.30. The maximum Gasteiger partial charge on any atom is 0.263 e. The first-order valence-corrected chi connectivity index (χ1v) is 12.3. The summed E-state index contributed by atoms with van der Waals surface area (Å²) in [5.41, 5.74) is 4.35. The zero-order chi connectivity index (χ0) is 25.5. The predicted octanol–water partition coefficient (Wildman–Crippen LogP) is 4.84. The largest absolute Gasteiger partial charge is 0.350 e. The monoisotopic (exact) mass is 498 g/mol. The van der Waals surface area contributed by atoms with Crippen molar-refractivity contribution in [2.24, 2.45) is 0 Å². The van der Waals surface area contributed by atoms with Crippen LogP contribution in [0.2, 0.25) is 0 Å². The second-order valence-corrected chi connectivity index (χ2v) is 9.21. The number of aromatic nitrogens is 1. The quantitative estimate of drug-likeness (QED) is 0.303. The number of hydrogen-bond donors (Lipinski definition) is 3. The van der Waals surface area contributed by atoms with E-state index in [0.29, 0.717) is 27.4 Å². The number of benzene rings is 3. The highest BCUT2D eigenvalue weighted by atomic mass is 32.1. The van der Waals surface area contributed by atoms with Crippen molar-refractivity contribution in [1.29, 1.82) is 0 Å². The smallest absolute Gasteiger partial charge is 0.263 e. The Morgan fingerprint density at radius 2 is 1.31 bits per heavy atom. The average molecular weight is 499 g/mol. The molecule has 8 heteroatoms. The molecule has 0 spiro atoms. The van der Waals surface area contributed by atoms with Gasteiger partial charge in [-0.2, -0.15) is 0 Å². The standard InChI is InChI=1S/C28H26N4O3S/c1-18-8-10-21(11-9-18)26(34)32-23-14-12-20(13-15-23)25(33)29-16-17-30-27(35)24-19(2)31-28(36-24)22-6-4-3-5-7-22/h3-15H,16-17H2,1-2H3,(H,29,33)(H,30,35)(H,32,34). The second-order valence-electron chi connectivity index (χ2n) is 8.21. The summed E-state index contributed by atoms with van der Waals surface area (Å²) in [6, 6.07) is 23.7. The summed E-state index contributed by atoms with van der Waals surface area (Å²) in [4.78, 5) is 42.4. The zero-order valence-corrected chi connectivity index (χ0v) is 20.8. The van der Waals surface area contributed by atoms with Crippen LogP contribution in [0.4, 0.5) is 5.69 Å². The fourth-order valence-corrected chi connectivity index (χ4v) is 4.45. The Morgan fingerprint density at radius 1 is 0.722 bits per heavy atom. The van der Waals surface area contributed by atoms with E-state index in [2.05, 4.69) is 20.9 Å². The summed E-state index contributed by atoms with van der Waals surface area (Å²) in [5.74, 6) is -0.689. The molecule has 0 aliphatic rings. The van der Waals surface area contributed by atoms with Crippen molar-refractivity contribution < 1.29 is 14.4 Å². The second kappa shape index (κ2) is 11.4. The van der Waals surface area contributed by atoms with Crippen LogP contribution in [-0.4, -0.2) is 35.8 Å². The Morgan fingerprint density at radius 3 is 1.97 bits per heavy atom. The summed E-state index contributed by atoms with van der Waals surface area (Å²) in [5, 5.41) is 9.23. The third-order valence-corrected chi connectivity index (χ3v) is 6.64. The van der Waals surface area contributed by atoms with Gasteiger partial charge in [0.05, 0.1) is 5.69 Å². The van der Waals surface area contributed by atoms with Crippen molar-refractivity contribution >= 4 is 34.7 Å². The van der Waals surface area contributed by atoms with Gasteiger partial charge in [-0.15, -0.1) is 11.3 Å². The lowest BCUT2D eigenvalue weighted by atomic mass is 10.1. The molecule has 0 unspecified atom stereocenters. The predicted molar refractivity (Wildman–Crippen MR) is 143 cm³/mol. The van der Waals surface area contributed by atoms with Gasteiger partial charge in [0.2, 0.25) is 0 Å². The number of hydrogen-bond acceptors (Lipinski definition) is 5. The number of aryl methyl sites for hydroxylation is 2. The molecule has 0 radical (unpaired) electrons. The number of anilines is 1. The SMILES string of the molecule is Cc1ccc(C(=O)Nc2ccc(C(=O)NCCNC(=O)c3sc(-c4ccccc4)nc3C)cc2)cc1. The van der Waals surface area contributed by atoms with Gasteiger partial charge in [-0.3, -0.25) is 14.4 Å². The molecule has 0 atom stereocenters. The minimum Gasteiger partial charge on any atom is -0.350 e. The zero-order valence-electron chi connectivity index (χ0n) is 20.0. The van der Waals surface area contributed by atoms with Crippen molar-refractivity contribution in [3.8, 4) is 10.6 Å². The molecule has 4 aromatic rings. The molecule has 7 nitrogen and oxygen atoms in total. The maximum atomic E-state index is 12.6. The van der Waals surface area contributed by atoms with Gasteiger partial charge in [0, 0.05) is 35.5 Å². The normalized spacial score (nSPS) is 10.5. The third-order valence-electron chi connectivity index (χ3n) is 5.44. The number of thiazole rings is 1. The maximum absolute atomic E-state index is 12.6. The van der Waals surface area contributed by atoms with Gasteiger partial charge in [0.1, 0.15) is 9.88 Å². The lowest BCUT2D eigenvalue weighted by Crippen LogP contribution is -2.34. The summed E-state index contributed by atoms with van der Waals surface area (Å²) >= 11 is 1.35. The van der Waals surface area contributed by atoms with Crippen LogP contribution in [0.3, 0.4) is 0 Å². The van der Waals surface area contributed by atoms with Crippen molar-refractivity contribution in [2.45, 2.75) is 13.8 Å². The molecule has 182 valence electrons. The topological polar surface area (TPSA) is 100 Å². The molecule has 0 bridgehead atoms. The minimum atomic E-state index is -0.263. The summed E-state index contributed by atoms with van der Waals surface area (Å²) < 4.78 is 0. The number of carbonyl (C=O) groups excluding carboxylic acids is 3. The van der Waals surface area contributed by atoms with E-state index < -0.39 is 0 Å². The Kier molecular flexibility index (Phi) is 7.87. The van der Waals surface area contributed by atoms with Crippen LogP contribution in [0, 0.1) is 13.8 Å². The van der Waals surface area contributed by atoms with Crippen molar-refractivity contribution in [2.75, 3.05) is 18.4 Å². The van der Waals surface area contributed by atoms with Crippen LogP contribution in [0.1, 0.15) is 41.6 Å². The minimum absolute atomic E-state index is 0.213. The van der Waals surface area contributed by atoms with E-state index in [1.165, 1.54) is 11.3 Å². The van der Waals surface area contributed by atoms with E-state index in [-0.39, 0.29) is 30.8 Å². The van der Waals surface area contributed by atoms with Crippen LogP contribution in [0.5, 0.6) is 0 Å². The first kappa shape index (κ1) is 24.8. The number of nitrogens with zero attached hydrogens (tertiary/aromatic N) is 1. The molecular weight excluding hydrogens is 472 g/mol. The Bertz CT molecular complexity index is 1360. The number of carbonyl (C=O) groups is 3. The van der Waals surface area contributed by atoms with E-state index in [9.17, 15) is 14.4 Å². The van der Waals surface area contributed by atoms with Gasteiger partial charge >= 0.3 is 0 Å². The molecule has 0 aliphatic carbocycles. The van der Waals surface area contributed by atoms with Gasteiger partial charge in [-0.05, 0) is 50.2 Å². The fourth-order valence-electron chi connectivity index (χ4n) is 3.46. The van der Waals surface area contributed by atoms with Crippen molar-refractivity contribution in [3.05, 3.63) is 106 Å². The summed E-state index contributed by atoms with van der Waals surface area (Å²) in [6.45, 7) is 4.34. The summed E-state index contributed by atoms with van der Waals surface area (Å²) in [7, 11) is 0. The number of nitrogens with one attached hydrogen (secondary N) is 3. The lowest BCUT2D eigenvalue weighted by Gasteiger charge is -2.08. The highest BCUT2D eigenvalue weighted by Crippen LogP contribution is 2.27. The first-order valence-electron chi connectivity index (χ1n) is 11.5. The molecular formula is C28H26N4O3S. The molecule has 3 N–H and O–H groups in total. The molecule has 3 aromatic carbocycles. The van der Waals surface area contributed by atoms with Crippen molar-refractivity contribution in [1.82, 2.24) is 15.6 Å². The molecule has 1 aromatic heterocycles. The Balaban J connectivity index is 1.24. The molecule has 1 heterocycles. The highest BCUT2D eigenvalue weighted by molar-refractivity contribution is 7.17. The molecule has 36 heavy (non-hydrogen) atoms.